The molecular weight excluding hydrogens is 282 g/mol. The van der Waals surface area contributed by atoms with E-state index < -0.39 is 12.1 Å². The number of carbonyl (C=O) groups excluding carboxylic acids is 2. The fourth-order valence-electron chi connectivity index (χ4n) is 2.24. The van der Waals surface area contributed by atoms with Crippen molar-refractivity contribution in [2.75, 3.05) is 27.7 Å². The second kappa shape index (κ2) is 11.2. The SMILES string of the molecule is C/C=C/CCCCCCC(=O)OC(CC(=O)[O-])C[N+](C)(C)C. The third-order valence-electron chi connectivity index (χ3n) is 3.18. The molecule has 0 aliphatic rings. The van der Waals surface area contributed by atoms with Crippen LogP contribution < -0.4 is 5.11 Å². The Labute approximate surface area is 134 Å². The molecule has 0 aromatic carbocycles. The highest BCUT2D eigenvalue weighted by atomic mass is 16.5. The molecule has 5 nitrogen and oxygen atoms in total. The van der Waals surface area contributed by atoms with Crippen molar-refractivity contribution in [3.63, 3.8) is 0 Å². The number of rotatable bonds is 12. The molecule has 128 valence electrons. The van der Waals surface area contributed by atoms with Gasteiger partial charge in [-0.25, -0.2) is 0 Å². The van der Waals surface area contributed by atoms with Gasteiger partial charge in [0.05, 0.1) is 21.1 Å². The zero-order valence-corrected chi connectivity index (χ0v) is 14.5. The number of carboxylic acid groups (broad SMARTS) is 1. The van der Waals surface area contributed by atoms with Gasteiger partial charge in [-0.1, -0.05) is 25.0 Å². The van der Waals surface area contributed by atoms with Crippen LogP contribution in [0.3, 0.4) is 0 Å². The maximum Gasteiger partial charge on any atom is 0.306 e. The standard InChI is InChI=1S/C17H31NO4/c1-5-6-7-8-9-10-11-12-17(21)22-15(13-16(19)20)14-18(2,3)4/h5-6,15H,7-14H2,1-4H3/b6-5+. The third-order valence-corrected chi connectivity index (χ3v) is 3.18. The Morgan fingerprint density at radius 3 is 2.32 bits per heavy atom. The van der Waals surface area contributed by atoms with Gasteiger partial charge in [0.2, 0.25) is 0 Å². The van der Waals surface area contributed by atoms with E-state index in [0.717, 1.165) is 32.1 Å². The molecule has 0 N–H and O–H groups in total. The van der Waals surface area contributed by atoms with Crippen LogP contribution in [0.1, 0.15) is 51.9 Å². The van der Waals surface area contributed by atoms with Crippen LogP contribution in [0.2, 0.25) is 0 Å². The number of carbonyl (C=O) groups is 2. The molecule has 0 fully saturated rings. The minimum Gasteiger partial charge on any atom is -0.550 e. The summed E-state index contributed by atoms with van der Waals surface area (Å²) >= 11 is 0. The lowest BCUT2D eigenvalue weighted by atomic mass is 10.1. The average Bonchev–Trinajstić information content (AvgIpc) is 2.34. The van der Waals surface area contributed by atoms with Crippen molar-refractivity contribution in [3.8, 4) is 0 Å². The molecule has 0 saturated carbocycles. The molecule has 0 bridgehead atoms. The van der Waals surface area contributed by atoms with E-state index in [-0.39, 0.29) is 12.4 Å². The van der Waals surface area contributed by atoms with E-state index in [1.165, 1.54) is 0 Å². The molecule has 1 atom stereocenters. The smallest absolute Gasteiger partial charge is 0.306 e. The second-order valence-electron chi connectivity index (χ2n) is 6.68. The molecule has 0 heterocycles. The summed E-state index contributed by atoms with van der Waals surface area (Å²) in [7, 11) is 5.79. The fourth-order valence-corrected chi connectivity index (χ4v) is 2.24. The first-order valence-corrected chi connectivity index (χ1v) is 8.05. The molecule has 22 heavy (non-hydrogen) atoms. The lowest BCUT2D eigenvalue weighted by Crippen LogP contribution is -2.45. The lowest BCUT2D eigenvalue weighted by Gasteiger charge is -2.29. The summed E-state index contributed by atoms with van der Waals surface area (Å²) < 4.78 is 5.83. The van der Waals surface area contributed by atoms with E-state index in [0.29, 0.717) is 17.4 Å². The Kier molecular flexibility index (Phi) is 10.5. The summed E-state index contributed by atoms with van der Waals surface area (Å²) in [4.78, 5) is 22.6. The summed E-state index contributed by atoms with van der Waals surface area (Å²) in [5.74, 6) is -1.50. The molecule has 0 radical (unpaired) electrons. The van der Waals surface area contributed by atoms with Gasteiger partial charge in [0, 0.05) is 18.8 Å². The van der Waals surface area contributed by atoms with Crippen molar-refractivity contribution in [2.24, 2.45) is 0 Å². The van der Waals surface area contributed by atoms with Gasteiger partial charge in [-0.05, 0) is 26.2 Å². The van der Waals surface area contributed by atoms with Crippen LogP contribution in [0.4, 0.5) is 0 Å². The number of allylic oxidation sites excluding steroid dienone is 2. The fraction of sp³-hybridized carbons (Fsp3) is 0.765. The van der Waals surface area contributed by atoms with E-state index in [2.05, 4.69) is 6.08 Å². The molecule has 0 saturated heterocycles. The van der Waals surface area contributed by atoms with Crippen LogP contribution in [0.5, 0.6) is 0 Å². The van der Waals surface area contributed by atoms with Crippen molar-refractivity contribution < 1.29 is 23.9 Å². The second-order valence-corrected chi connectivity index (χ2v) is 6.68. The third kappa shape index (κ3) is 13.6. The summed E-state index contributed by atoms with van der Waals surface area (Å²) in [6.07, 6.45) is 8.77. The Bertz CT molecular complexity index is 358. The van der Waals surface area contributed by atoms with Crippen LogP contribution in [0.25, 0.3) is 0 Å². The zero-order valence-electron chi connectivity index (χ0n) is 14.5. The summed E-state index contributed by atoms with van der Waals surface area (Å²) in [5.41, 5.74) is 0. The van der Waals surface area contributed by atoms with Crippen LogP contribution in [0.15, 0.2) is 12.2 Å². The lowest BCUT2D eigenvalue weighted by molar-refractivity contribution is -0.873. The van der Waals surface area contributed by atoms with Crippen molar-refractivity contribution in [1.29, 1.82) is 0 Å². The maximum absolute atomic E-state index is 11.8. The van der Waals surface area contributed by atoms with Crippen LogP contribution in [0, 0.1) is 0 Å². The molecule has 0 aromatic rings. The first-order chi connectivity index (χ1) is 10.2. The molecule has 0 rings (SSSR count). The van der Waals surface area contributed by atoms with Crippen molar-refractivity contribution >= 4 is 11.9 Å². The van der Waals surface area contributed by atoms with E-state index in [1.54, 1.807) is 0 Å². The van der Waals surface area contributed by atoms with Crippen molar-refractivity contribution in [1.82, 2.24) is 0 Å². The first-order valence-electron chi connectivity index (χ1n) is 8.05. The predicted octanol–water partition coefficient (Wildman–Crippen LogP) is 1.66. The van der Waals surface area contributed by atoms with E-state index >= 15 is 0 Å². The minimum absolute atomic E-state index is 0.245. The van der Waals surface area contributed by atoms with Gasteiger partial charge >= 0.3 is 5.97 Å². The number of aliphatic carboxylic acids is 1. The number of carboxylic acids is 1. The maximum atomic E-state index is 11.8. The molecule has 0 amide bonds. The molecule has 1 unspecified atom stereocenters. The Morgan fingerprint density at radius 1 is 1.14 bits per heavy atom. The van der Waals surface area contributed by atoms with E-state index in [1.807, 2.05) is 34.1 Å². The number of ether oxygens (including phenoxy) is 1. The number of nitrogens with zero attached hydrogens (tertiary/aromatic N) is 1. The molecular formula is C17H31NO4. The van der Waals surface area contributed by atoms with E-state index in [9.17, 15) is 14.7 Å². The van der Waals surface area contributed by atoms with Gasteiger partial charge in [0.25, 0.3) is 0 Å². The molecule has 0 spiro atoms. The van der Waals surface area contributed by atoms with Crippen molar-refractivity contribution in [3.05, 3.63) is 12.2 Å². The summed E-state index contributed by atoms with van der Waals surface area (Å²) in [6.45, 7) is 2.47. The summed E-state index contributed by atoms with van der Waals surface area (Å²) in [6, 6.07) is 0. The largest absolute Gasteiger partial charge is 0.550 e. The predicted molar refractivity (Wildman–Crippen MR) is 84.9 cm³/mol. The number of unbranched alkanes of at least 4 members (excludes halogenated alkanes) is 4. The Balaban J connectivity index is 3.99. The number of quaternary nitrogens is 1. The van der Waals surface area contributed by atoms with Crippen LogP contribution in [-0.2, 0) is 14.3 Å². The van der Waals surface area contributed by atoms with Crippen molar-refractivity contribution in [2.45, 2.75) is 58.0 Å². The van der Waals surface area contributed by atoms with Gasteiger partial charge in [0.15, 0.2) is 6.10 Å². The molecule has 5 heteroatoms. The van der Waals surface area contributed by atoms with Gasteiger partial charge in [-0.2, -0.15) is 0 Å². The summed E-state index contributed by atoms with van der Waals surface area (Å²) in [5, 5.41) is 10.7. The number of likely N-dealkylation sites (N-methyl/N-ethyl adjacent to an activating group) is 1. The van der Waals surface area contributed by atoms with Gasteiger partial charge < -0.3 is 19.1 Å². The molecule has 0 aromatic heterocycles. The normalized spacial score (nSPS) is 13.3. The molecule has 0 aliphatic heterocycles. The van der Waals surface area contributed by atoms with Gasteiger partial charge in [-0.3, -0.25) is 4.79 Å². The quantitative estimate of drug-likeness (QED) is 0.238. The van der Waals surface area contributed by atoms with E-state index in [4.69, 9.17) is 4.74 Å². The highest BCUT2D eigenvalue weighted by Gasteiger charge is 2.22. The Hall–Kier alpha value is -1.36. The highest BCUT2D eigenvalue weighted by molar-refractivity contribution is 5.70. The number of hydrogen-bond acceptors (Lipinski definition) is 4. The van der Waals surface area contributed by atoms with Crippen LogP contribution >= 0.6 is 0 Å². The average molecular weight is 313 g/mol. The monoisotopic (exact) mass is 313 g/mol. The Morgan fingerprint density at radius 2 is 1.77 bits per heavy atom. The topological polar surface area (TPSA) is 66.4 Å². The molecule has 0 aliphatic carbocycles. The highest BCUT2D eigenvalue weighted by Crippen LogP contribution is 2.10. The number of hydrogen-bond donors (Lipinski definition) is 0. The van der Waals surface area contributed by atoms with Gasteiger partial charge in [0.1, 0.15) is 6.54 Å². The minimum atomic E-state index is -1.18. The first kappa shape index (κ1) is 20.6. The van der Waals surface area contributed by atoms with Crippen LogP contribution in [-0.4, -0.2) is 50.2 Å². The number of esters is 1. The van der Waals surface area contributed by atoms with Gasteiger partial charge in [-0.15, -0.1) is 0 Å². The zero-order chi connectivity index (χ0) is 17.0.